The van der Waals surface area contributed by atoms with Gasteiger partial charge in [-0.1, -0.05) is 71.9 Å². The summed E-state index contributed by atoms with van der Waals surface area (Å²) in [5, 5.41) is 60.6. The van der Waals surface area contributed by atoms with Gasteiger partial charge in [-0.05, 0) is 22.8 Å². The topological polar surface area (TPSA) is 192 Å². The zero-order valence-corrected chi connectivity index (χ0v) is 22.7. The number of aliphatic carboxylic acids is 1. The summed E-state index contributed by atoms with van der Waals surface area (Å²) in [6, 6.07) is 17.2. The van der Waals surface area contributed by atoms with Crippen molar-refractivity contribution in [3.05, 3.63) is 65.2 Å². The van der Waals surface area contributed by atoms with Gasteiger partial charge in [0.15, 0.2) is 10.8 Å². The Morgan fingerprint density at radius 1 is 0.925 bits per heavy atom. The molecule has 0 amide bonds. The first kappa shape index (κ1) is 29.9. The SMILES string of the molecule is O=C(O)CSc1nc2nc(-c3ccc(-c4ccc(CNCC(O)C(O)[C@@H](O)[C@@H](O)CO)cc4)cc3)c(Cl)cc2[nH]1. The molecule has 0 saturated carbocycles. The van der Waals surface area contributed by atoms with E-state index < -0.39 is 37.0 Å². The lowest BCUT2D eigenvalue weighted by atomic mass is 10.0. The number of imidazole rings is 1. The van der Waals surface area contributed by atoms with Crippen LogP contribution < -0.4 is 5.32 Å². The fraction of sp³-hybridized carbons (Fsp3) is 0.296. The van der Waals surface area contributed by atoms with Gasteiger partial charge in [-0.25, -0.2) is 9.97 Å². The van der Waals surface area contributed by atoms with Crippen LogP contribution in [0.4, 0.5) is 0 Å². The molecular formula is C27H29ClN4O7S. The molecule has 13 heteroatoms. The number of nitrogens with one attached hydrogen (secondary N) is 2. The van der Waals surface area contributed by atoms with Crippen molar-refractivity contribution in [3.63, 3.8) is 0 Å². The average molecular weight is 589 g/mol. The number of carbonyl (C=O) groups is 1. The summed E-state index contributed by atoms with van der Waals surface area (Å²) in [6.45, 7) is -0.350. The van der Waals surface area contributed by atoms with Crippen molar-refractivity contribution in [3.8, 4) is 22.4 Å². The molecule has 2 aromatic carbocycles. The minimum absolute atomic E-state index is 0.0251. The van der Waals surface area contributed by atoms with E-state index in [1.54, 1.807) is 6.07 Å². The predicted molar refractivity (Wildman–Crippen MR) is 151 cm³/mol. The molecule has 8 N–H and O–H groups in total. The van der Waals surface area contributed by atoms with Crippen molar-refractivity contribution < 1.29 is 35.4 Å². The Morgan fingerprint density at radius 2 is 1.52 bits per heavy atom. The monoisotopic (exact) mass is 588 g/mol. The molecule has 212 valence electrons. The number of aliphatic hydroxyl groups excluding tert-OH is 5. The lowest BCUT2D eigenvalue weighted by Gasteiger charge is -2.25. The predicted octanol–water partition coefficient (Wildman–Crippen LogP) is 1.65. The summed E-state index contributed by atoms with van der Waals surface area (Å²) < 4.78 is 0. The maximum absolute atomic E-state index is 10.8. The summed E-state index contributed by atoms with van der Waals surface area (Å²) in [5.74, 6) is -1.05. The van der Waals surface area contributed by atoms with E-state index >= 15 is 0 Å². The summed E-state index contributed by atoms with van der Waals surface area (Å²) in [4.78, 5) is 22.8. The van der Waals surface area contributed by atoms with Crippen molar-refractivity contribution in [2.45, 2.75) is 36.1 Å². The quantitative estimate of drug-likeness (QED) is 0.106. The van der Waals surface area contributed by atoms with E-state index in [0.717, 1.165) is 34.0 Å². The number of hydrogen-bond acceptors (Lipinski definition) is 10. The summed E-state index contributed by atoms with van der Waals surface area (Å²) >= 11 is 7.55. The highest BCUT2D eigenvalue weighted by molar-refractivity contribution is 7.99. The first-order valence-corrected chi connectivity index (χ1v) is 13.7. The van der Waals surface area contributed by atoms with E-state index in [0.29, 0.717) is 33.6 Å². The largest absolute Gasteiger partial charge is 0.481 e. The molecular weight excluding hydrogens is 560 g/mol. The van der Waals surface area contributed by atoms with Gasteiger partial charge >= 0.3 is 5.97 Å². The number of nitrogens with zero attached hydrogens (tertiary/aromatic N) is 2. The first-order chi connectivity index (χ1) is 19.2. The smallest absolute Gasteiger partial charge is 0.313 e. The summed E-state index contributed by atoms with van der Waals surface area (Å²) in [6.07, 6.45) is -6.13. The molecule has 0 radical (unpaired) electrons. The van der Waals surface area contributed by atoms with Crippen molar-refractivity contribution >= 4 is 40.5 Å². The number of halogens is 1. The second-order valence-electron chi connectivity index (χ2n) is 9.12. The highest BCUT2D eigenvalue weighted by Gasteiger charge is 2.29. The van der Waals surface area contributed by atoms with Crippen LogP contribution in [0, 0.1) is 0 Å². The van der Waals surface area contributed by atoms with E-state index in [4.69, 9.17) is 21.8 Å². The van der Waals surface area contributed by atoms with E-state index in [1.807, 2.05) is 48.5 Å². The van der Waals surface area contributed by atoms with Crippen LogP contribution in [-0.4, -0.2) is 94.9 Å². The Bertz CT molecular complexity index is 1440. The van der Waals surface area contributed by atoms with Gasteiger partial charge in [0.1, 0.15) is 18.3 Å². The Hall–Kier alpha value is -3.07. The second-order valence-corrected chi connectivity index (χ2v) is 10.5. The minimum atomic E-state index is -1.66. The molecule has 0 aliphatic carbocycles. The van der Waals surface area contributed by atoms with Crippen LogP contribution in [0.1, 0.15) is 5.56 Å². The van der Waals surface area contributed by atoms with Gasteiger partial charge in [0, 0.05) is 18.7 Å². The van der Waals surface area contributed by atoms with E-state index in [2.05, 4.69) is 20.3 Å². The van der Waals surface area contributed by atoms with Crippen LogP contribution in [-0.2, 0) is 11.3 Å². The third-order valence-electron chi connectivity index (χ3n) is 6.19. The standard InChI is InChI=1S/C27H29ClN4O7S/c28-18-9-19-26(32-27(30-19)40-13-22(36)37)31-23(18)17-7-5-16(6-8-17)15-3-1-14(2-4-15)10-29-11-20(34)24(38)25(39)21(35)12-33/h1-9,20-21,24-25,29,33-35,38-39H,10-13H2,(H,36,37)(H,30,31,32)/t20?,21-,24?,25-/m0/s1. The lowest BCUT2D eigenvalue weighted by molar-refractivity contribution is -0.133. The van der Waals surface area contributed by atoms with Gasteiger partial charge in [0.05, 0.1) is 34.7 Å². The number of thioether (sulfide) groups is 1. The molecule has 0 bridgehead atoms. The summed E-state index contributed by atoms with van der Waals surface area (Å²) in [5.41, 5.74) is 5.32. The summed E-state index contributed by atoms with van der Waals surface area (Å²) in [7, 11) is 0. The Kier molecular flexibility index (Phi) is 10.1. The number of H-pyrrole nitrogens is 1. The number of fused-ring (bicyclic) bond motifs is 1. The number of benzene rings is 2. The Morgan fingerprint density at radius 3 is 2.15 bits per heavy atom. The van der Waals surface area contributed by atoms with Crippen LogP contribution in [0.2, 0.25) is 5.02 Å². The molecule has 40 heavy (non-hydrogen) atoms. The zero-order chi connectivity index (χ0) is 28.8. The van der Waals surface area contributed by atoms with Gasteiger partial charge in [-0.2, -0.15) is 0 Å². The van der Waals surface area contributed by atoms with Gasteiger partial charge in [-0.3, -0.25) is 4.79 Å². The number of carboxylic acid groups (broad SMARTS) is 1. The lowest BCUT2D eigenvalue weighted by Crippen LogP contribution is -2.48. The number of carboxylic acids is 1. The second kappa shape index (κ2) is 13.5. The fourth-order valence-electron chi connectivity index (χ4n) is 3.98. The number of rotatable bonds is 13. The molecule has 0 saturated heterocycles. The third-order valence-corrected chi connectivity index (χ3v) is 7.34. The molecule has 4 rings (SSSR count). The van der Waals surface area contributed by atoms with Gasteiger partial charge in [-0.15, -0.1) is 0 Å². The third kappa shape index (κ3) is 7.36. The number of aromatic nitrogens is 3. The molecule has 0 spiro atoms. The fourth-order valence-corrected chi connectivity index (χ4v) is 4.83. The van der Waals surface area contributed by atoms with Crippen LogP contribution in [0.25, 0.3) is 33.5 Å². The van der Waals surface area contributed by atoms with Crippen LogP contribution >= 0.6 is 23.4 Å². The molecule has 4 aromatic rings. The van der Waals surface area contributed by atoms with Crippen LogP contribution in [0.5, 0.6) is 0 Å². The number of aliphatic hydroxyl groups is 5. The number of hydrogen-bond donors (Lipinski definition) is 8. The number of pyridine rings is 1. The van der Waals surface area contributed by atoms with Gasteiger partial charge in [0.2, 0.25) is 0 Å². The highest BCUT2D eigenvalue weighted by atomic mass is 35.5. The first-order valence-electron chi connectivity index (χ1n) is 12.3. The van der Waals surface area contributed by atoms with Crippen LogP contribution in [0.3, 0.4) is 0 Å². The molecule has 0 aliphatic rings. The maximum Gasteiger partial charge on any atom is 0.313 e. The highest BCUT2D eigenvalue weighted by Crippen LogP contribution is 2.31. The van der Waals surface area contributed by atoms with Crippen molar-refractivity contribution in [2.75, 3.05) is 18.9 Å². The van der Waals surface area contributed by atoms with E-state index in [9.17, 15) is 25.2 Å². The van der Waals surface area contributed by atoms with Crippen molar-refractivity contribution in [2.24, 2.45) is 0 Å². The normalized spacial score (nSPS) is 14.7. The van der Waals surface area contributed by atoms with Crippen molar-refractivity contribution in [1.29, 1.82) is 0 Å². The van der Waals surface area contributed by atoms with E-state index in [1.165, 1.54) is 0 Å². The van der Waals surface area contributed by atoms with Crippen LogP contribution in [0.15, 0.2) is 59.8 Å². The molecule has 2 aromatic heterocycles. The minimum Gasteiger partial charge on any atom is -0.481 e. The van der Waals surface area contributed by atoms with Gasteiger partial charge < -0.3 is 40.9 Å². The zero-order valence-electron chi connectivity index (χ0n) is 21.1. The molecule has 2 unspecified atom stereocenters. The van der Waals surface area contributed by atoms with Crippen molar-refractivity contribution in [1.82, 2.24) is 20.3 Å². The van der Waals surface area contributed by atoms with E-state index in [-0.39, 0.29) is 12.3 Å². The molecule has 0 aliphatic heterocycles. The number of aromatic amines is 1. The Balaban J connectivity index is 1.37. The maximum atomic E-state index is 10.8. The molecule has 2 heterocycles. The Labute approximate surface area is 238 Å². The molecule has 4 atom stereocenters. The molecule has 0 fully saturated rings. The molecule has 11 nitrogen and oxygen atoms in total. The average Bonchev–Trinajstić information content (AvgIpc) is 3.36. The van der Waals surface area contributed by atoms with Gasteiger partial charge in [0.25, 0.3) is 0 Å².